The van der Waals surface area contributed by atoms with E-state index in [0.717, 1.165) is 11.1 Å². The maximum atomic E-state index is 13.1. The van der Waals surface area contributed by atoms with Crippen molar-refractivity contribution in [2.24, 2.45) is 0 Å². The molecule has 0 spiro atoms. The van der Waals surface area contributed by atoms with Crippen molar-refractivity contribution in [3.8, 4) is 11.1 Å². The zero-order valence-electron chi connectivity index (χ0n) is 17.1. The molecule has 0 saturated heterocycles. The maximum Gasteiger partial charge on any atom is 0.340 e. The molecule has 1 atom stereocenters. The lowest BCUT2D eigenvalue weighted by molar-refractivity contribution is 0.0525. The molecule has 0 N–H and O–H groups in total. The molecule has 0 aromatic carbocycles. The Morgan fingerprint density at radius 2 is 1.45 bits per heavy atom. The van der Waals surface area contributed by atoms with Gasteiger partial charge in [-0.3, -0.25) is 4.31 Å². The number of hydrogen-bond donors (Lipinski definition) is 0. The summed E-state index contributed by atoms with van der Waals surface area (Å²) in [6.07, 6.45) is 0. The molecule has 2 aliphatic carbocycles. The molecule has 1 aliphatic heterocycles. The lowest BCUT2D eigenvalue weighted by Gasteiger charge is -2.30. The quantitative estimate of drug-likeness (QED) is 0.546. The average molecular weight is 416 g/mol. The molecule has 7 heteroatoms. The van der Waals surface area contributed by atoms with Crippen LogP contribution in [0.4, 0.5) is 5.69 Å². The van der Waals surface area contributed by atoms with E-state index in [1.807, 2.05) is 19.9 Å². The Bertz CT molecular complexity index is 928. The molecular formula is C22H25NO5S. The zero-order valence-corrected chi connectivity index (χ0v) is 17.9. The number of carbonyl (C=O) groups excluding carboxylic acids is 2. The number of anilines is 1. The first kappa shape index (κ1) is 21.0. The molecule has 154 valence electrons. The summed E-state index contributed by atoms with van der Waals surface area (Å²) in [5, 5.41) is 0. The van der Waals surface area contributed by atoms with Crippen molar-refractivity contribution in [2.45, 2.75) is 27.7 Å². The van der Waals surface area contributed by atoms with Crippen molar-refractivity contribution in [2.75, 3.05) is 29.8 Å². The van der Waals surface area contributed by atoms with Gasteiger partial charge in [0.2, 0.25) is 0 Å². The second kappa shape index (κ2) is 8.78. The third-order valence-corrected chi connectivity index (χ3v) is 6.44. The van der Waals surface area contributed by atoms with Gasteiger partial charge in [-0.25, -0.2) is 13.8 Å². The number of ether oxygens (including phenoxy) is 2. The highest BCUT2D eigenvalue weighted by atomic mass is 32.2. The van der Waals surface area contributed by atoms with Gasteiger partial charge in [0.25, 0.3) is 0 Å². The summed E-state index contributed by atoms with van der Waals surface area (Å²) in [6.45, 7) is 8.12. The number of carbonyl (C=O) groups is 2. The Morgan fingerprint density at radius 3 is 1.93 bits per heavy atom. The molecule has 29 heavy (non-hydrogen) atoms. The van der Waals surface area contributed by atoms with E-state index >= 15 is 0 Å². The van der Waals surface area contributed by atoms with E-state index in [1.54, 1.807) is 42.4 Å². The van der Waals surface area contributed by atoms with Crippen LogP contribution in [-0.2, 0) is 20.5 Å². The molecule has 1 unspecified atom stereocenters. The van der Waals surface area contributed by atoms with Crippen molar-refractivity contribution in [3.05, 3.63) is 52.6 Å². The molecule has 3 rings (SSSR count). The number of hydrogen-bond acceptors (Lipinski definition) is 5. The third-order valence-electron chi connectivity index (χ3n) is 4.95. The number of fused-ring (bicyclic) bond motifs is 1. The number of esters is 2. The fourth-order valence-corrected chi connectivity index (χ4v) is 4.92. The van der Waals surface area contributed by atoms with E-state index in [-0.39, 0.29) is 24.3 Å². The van der Waals surface area contributed by atoms with Gasteiger partial charge in [0.1, 0.15) is 11.0 Å². The van der Waals surface area contributed by atoms with Crippen molar-refractivity contribution in [1.29, 1.82) is 0 Å². The third kappa shape index (κ3) is 3.92. The van der Waals surface area contributed by atoms with Crippen LogP contribution in [0.15, 0.2) is 41.5 Å². The minimum absolute atomic E-state index is 0.194. The van der Waals surface area contributed by atoms with Crippen LogP contribution in [0.25, 0.3) is 11.1 Å². The molecule has 3 aliphatic rings. The second-order valence-corrected chi connectivity index (χ2v) is 8.21. The van der Waals surface area contributed by atoms with Gasteiger partial charge in [-0.15, -0.1) is 0 Å². The predicted molar refractivity (Wildman–Crippen MR) is 114 cm³/mol. The van der Waals surface area contributed by atoms with Crippen molar-refractivity contribution < 1.29 is 23.3 Å². The van der Waals surface area contributed by atoms with Crippen LogP contribution in [0, 0.1) is 0 Å². The smallest absolute Gasteiger partial charge is 0.340 e. The van der Waals surface area contributed by atoms with E-state index < -0.39 is 22.9 Å². The zero-order chi connectivity index (χ0) is 21.1. The van der Waals surface area contributed by atoms with Gasteiger partial charge in [0, 0.05) is 0 Å². The van der Waals surface area contributed by atoms with Crippen molar-refractivity contribution in [3.63, 3.8) is 0 Å². The largest absolute Gasteiger partial charge is 0.462 e. The molecule has 0 saturated carbocycles. The predicted octanol–water partition coefficient (Wildman–Crippen LogP) is 3.96. The van der Waals surface area contributed by atoms with Crippen LogP contribution in [-0.4, -0.2) is 41.7 Å². The Balaban J connectivity index is 2.35. The summed E-state index contributed by atoms with van der Waals surface area (Å²) in [4.78, 5) is 25.9. The Labute approximate surface area is 173 Å². The minimum atomic E-state index is -1.42. The van der Waals surface area contributed by atoms with Crippen molar-refractivity contribution >= 4 is 28.6 Å². The molecule has 0 bridgehead atoms. The van der Waals surface area contributed by atoms with Gasteiger partial charge in [0.05, 0.1) is 42.3 Å². The summed E-state index contributed by atoms with van der Waals surface area (Å²) in [7, 11) is -1.42. The first-order chi connectivity index (χ1) is 13.9. The lowest BCUT2D eigenvalue weighted by Crippen LogP contribution is -2.36. The van der Waals surface area contributed by atoms with E-state index in [9.17, 15) is 13.8 Å². The Morgan fingerprint density at radius 1 is 0.931 bits per heavy atom. The first-order valence-corrected chi connectivity index (χ1v) is 10.9. The number of rotatable bonds is 5. The highest BCUT2D eigenvalue weighted by Gasteiger charge is 2.37. The summed E-state index contributed by atoms with van der Waals surface area (Å²) in [5.74, 6) is -0.739. The van der Waals surface area contributed by atoms with Crippen LogP contribution >= 0.6 is 0 Å². The summed E-state index contributed by atoms with van der Waals surface area (Å²) < 4.78 is 25.3. The summed E-state index contributed by atoms with van der Waals surface area (Å²) in [6, 6.07) is 8.96. The SMILES string of the molecule is CCOC(=O)c1c2cccccc-2c(C(=O)OCC)c1N1CC(C)=C(C)CS1=O. The van der Waals surface area contributed by atoms with Crippen LogP contribution in [0.5, 0.6) is 0 Å². The van der Waals surface area contributed by atoms with E-state index in [0.29, 0.717) is 29.1 Å². The molecule has 0 fully saturated rings. The Kier molecular flexibility index (Phi) is 6.37. The lowest BCUT2D eigenvalue weighted by atomic mass is 10.1. The van der Waals surface area contributed by atoms with Gasteiger partial charge in [-0.2, -0.15) is 0 Å². The Hall–Kier alpha value is -2.67. The molecule has 0 radical (unpaired) electrons. The highest BCUT2D eigenvalue weighted by Crippen LogP contribution is 2.44. The molecule has 6 nitrogen and oxygen atoms in total. The topological polar surface area (TPSA) is 72.9 Å². The van der Waals surface area contributed by atoms with Crippen LogP contribution in [0.2, 0.25) is 0 Å². The fraction of sp³-hybridized carbons (Fsp3) is 0.364. The first-order valence-electron chi connectivity index (χ1n) is 9.60. The van der Waals surface area contributed by atoms with E-state index in [1.165, 1.54) is 0 Å². The fourth-order valence-electron chi connectivity index (χ4n) is 3.42. The van der Waals surface area contributed by atoms with Crippen LogP contribution < -0.4 is 4.31 Å². The van der Waals surface area contributed by atoms with Gasteiger partial charge in [-0.1, -0.05) is 41.5 Å². The standard InChI is InChI=1S/C22H25NO5S/c1-5-27-21(24)18-16-10-8-7-9-11-17(16)19(22(25)28-6-2)20(18)23-12-14(3)15(4)13-29(23)26/h7-11H,5-6,12-13H2,1-4H3. The monoisotopic (exact) mass is 415 g/mol. The average Bonchev–Trinajstić information content (AvgIpc) is 2.81. The normalized spacial score (nSPS) is 16.8. The van der Waals surface area contributed by atoms with E-state index in [4.69, 9.17) is 9.47 Å². The van der Waals surface area contributed by atoms with Crippen molar-refractivity contribution in [1.82, 2.24) is 0 Å². The van der Waals surface area contributed by atoms with Gasteiger partial charge in [-0.05, 0) is 38.8 Å². The number of nitrogens with zero attached hydrogens (tertiary/aromatic N) is 1. The van der Waals surface area contributed by atoms with Gasteiger partial charge >= 0.3 is 11.9 Å². The second-order valence-electron chi connectivity index (χ2n) is 6.84. The van der Waals surface area contributed by atoms with Crippen LogP contribution in [0.1, 0.15) is 48.4 Å². The summed E-state index contributed by atoms with van der Waals surface area (Å²) in [5.41, 5.74) is 4.10. The van der Waals surface area contributed by atoms with E-state index in [2.05, 4.69) is 0 Å². The van der Waals surface area contributed by atoms with Gasteiger partial charge in [0.15, 0.2) is 0 Å². The minimum Gasteiger partial charge on any atom is -0.462 e. The molecule has 0 aromatic heterocycles. The maximum absolute atomic E-state index is 13.1. The van der Waals surface area contributed by atoms with Gasteiger partial charge < -0.3 is 9.47 Å². The highest BCUT2D eigenvalue weighted by molar-refractivity contribution is 7.86. The molecule has 1 heterocycles. The molecular weight excluding hydrogens is 390 g/mol. The van der Waals surface area contributed by atoms with Crippen LogP contribution in [0.3, 0.4) is 0 Å². The molecule has 0 amide bonds. The summed E-state index contributed by atoms with van der Waals surface area (Å²) >= 11 is 0. The molecule has 0 aromatic rings.